The lowest BCUT2D eigenvalue weighted by Gasteiger charge is -2.22. The van der Waals surface area contributed by atoms with Crippen molar-refractivity contribution in [3.05, 3.63) is 60.2 Å². The third-order valence-electron chi connectivity index (χ3n) is 4.02. The highest BCUT2D eigenvalue weighted by molar-refractivity contribution is 7.92. The van der Waals surface area contributed by atoms with E-state index in [0.29, 0.717) is 5.69 Å². The summed E-state index contributed by atoms with van der Waals surface area (Å²) in [6.45, 7) is 4.77. The molecule has 0 saturated carbocycles. The monoisotopic (exact) mass is 447 g/mol. The Morgan fingerprint density at radius 3 is 2.16 bits per heavy atom. The van der Waals surface area contributed by atoms with Crippen LogP contribution < -0.4 is 14.9 Å². The number of nitrogens with one attached hydrogen (secondary N) is 2. The van der Waals surface area contributed by atoms with Gasteiger partial charge in [0.05, 0.1) is 16.1 Å². The average molecular weight is 448 g/mol. The number of carbonyl (C=O) groups excluding carboxylic acids is 3. The maximum absolute atomic E-state index is 13.0. The predicted octanol–water partition coefficient (Wildman–Crippen LogP) is 2.29. The van der Waals surface area contributed by atoms with Crippen LogP contribution in [0.25, 0.3) is 0 Å². The second-order valence-electron chi connectivity index (χ2n) is 6.78. The second kappa shape index (κ2) is 10.6. The van der Waals surface area contributed by atoms with Gasteiger partial charge < -0.3 is 10.1 Å². The number of hydrogen-bond acceptors (Lipinski definition) is 6. The molecule has 0 heterocycles. The zero-order valence-corrected chi connectivity index (χ0v) is 18.3. The van der Waals surface area contributed by atoms with Crippen LogP contribution in [0.4, 0.5) is 10.5 Å². The zero-order chi connectivity index (χ0) is 23.0. The summed E-state index contributed by atoms with van der Waals surface area (Å²) in [5, 5.41) is 4.50. The topological polar surface area (TPSA) is 122 Å². The number of para-hydroxylation sites is 1. The van der Waals surface area contributed by atoms with Gasteiger partial charge in [-0.1, -0.05) is 18.2 Å². The number of carbonyl (C=O) groups is 3. The van der Waals surface area contributed by atoms with E-state index in [0.717, 1.165) is 0 Å². The Balaban J connectivity index is 2.03. The summed E-state index contributed by atoms with van der Waals surface area (Å²) in [4.78, 5) is 35.2. The van der Waals surface area contributed by atoms with Gasteiger partial charge in [0.15, 0.2) is 6.61 Å². The number of amides is 3. The van der Waals surface area contributed by atoms with Crippen LogP contribution >= 0.6 is 0 Å². The molecular weight excluding hydrogens is 422 g/mol. The first-order chi connectivity index (χ1) is 14.6. The molecule has 0 saturated heterocycles. The van der Waals surface area contributed by atoms with Crippen molar-refractivity contribution >= 4 is 33.6 Å². The number of sulfonamides is 1. The molecule has 31 heavy (non-hydrogen) atoms. The number of esters is 1. The normalized spacial score (nSPS) is 11.0. The number of rotatable bonds is 8. The number of nitrogens with zero attached hydrogens (tertiary/aromatic N) is 1. The Labute approximate surface area is 181 Å². The molecule has 9 nitrogen and oxygen atoms in total. The van der Waals surface area contributed by atoms with Crippen LogP contribution in [0.15, 0.2) is 59.5 Å². The summed E-state index contributed by atoms with van der Waals surface area (Å²) >= 11 is 0. The number of imide groups is 1. The molecule has 2 rings (SSSR count). The van der Waals surface area contributed by atoms with E-state index in [2.05, 4.69) is 5.32 Å². The molecule has 0 unspecified atom stereocenters. The van der Waals surface area contributed by atoms with Crippen molar-refractivity contribution in [1.29, 1.82) is 0 Å². The van der Waals surface area contributed by atoms with Crippen molar-refractivity contribution in [1.82, 2.24) is 10.6 Å². The fourth-order valence-electron chi connectivity index (χ4n) is 2.65. The van der Waals surface area contributed by atoms with E-state index in [4.69, 9.17) is 4.74 Å². The fraction of sp³-hybridized carbons (Fsp3) is 0.286. The Morgan fingerprint density at radius 2 is 1.61 bits per heavy atom. The summed E-state index contributed by atoms with van der Waals surface area (Å²) in [6.07, 6.45) is 0. The minimum Gasteiger partial charge on any atom is -0.452 e. The maximum Gasteiger partial charge on any atom is 0.338 e. The van der Waals surface area contributed by atoms with Gasteiger partial charge in [-0.3, -0.25) is 14.4 Å². The highest BCUT2D eigenvalue weighted by atomic mass is 32.2. The lowest BCUT2D eigenvalue weighted by atomic mass is 10.2. The van der Waals surface area contributed by atoms with E-state index in [-0.39, 0.29) is 23.0 Å². The molecule has 0 aliphatic heterocycles. The SMILES string of the molecule is CCN(c1ccccc1)S(=O)(=O)c1ccc(C(=O)OCC(=O)NC(=O)NC(C)C)cc1. The van der Waals surface area contributed by atoms with E-state index in [1.54, 1.807) is 51.1 Å². The lowest BCUT2D eigenvalue weighted by molar-refractivity contribution is -0.123. The summed E-state index contributed by atoms with van der Waals surface area (Å²) in [5.74, 6) is -1.61. The van der Waals surface area contributed by atoms with Crippen LogP contribution in [-0.2, 0) is 19.6 Å². The molecule has 0 radical (unpaired) electrons. The highest BCUT2D eigenvalue weighted by Crippen LogP contribution is 2.23. The van der Waals surface area contributed by atoms with E-state index < -0.39 is 34.5 Å². The van der Waals surface area contributed by atoms with Gasteiger partial charge in [0.2, 0.25) is 0 Å². The molecule has 0 aliphatic carbocycles. The first-order valence-electron chi connectivity index (χ1n) is 9.60. The lowest BCUT2D eigenvalue weighted by Crippen LogP contribution is -2.44. The van der Waals surface area contributed by atoms with Crippen LogP contribution in [0.5, 0.6) is 0 Å². The van der Waals surface area contributed by atoms with Gasteiger partial charge in [0.25, 0.3) is 15.9 Å². The van der Waals surface area contributed by atoms with Gasteiger partial charge in [-0.2, -0.15) is 0 Å². The van der Waals surface area contributed by atoms with Crippen molar-refractivity contribution in [2.45, 2.75) is 31.7 Å². The molecule has 0 aromatic heterocycles. The minimum atomic E-state index is -3.82. The molecule has 0 spiro atoms. The highest BCUT2D eigenvalue weighted by Gasteiger charge is 2.24. The molecule has 0 atom stereocenters. The summed E-state index contributed by atoms with van der Waals surface area (Å²) in [6, 6.07) is 13.0. The summed E-state index contributed by atoms with van der Waals surface area (Å²) < 4.78 is 32.0. The number of anilines is 1. The van der Waals surface area contributed by atoms with Gasteiger partial charge in [-0.15, -0.1) is 0 Å². The van der Waals surface area contributed by atoms with Crippen molar-refractivity contribution in [3.8, 4) is 0 Å². The fourth-order valence-corrected chi connectivity index (χ4v) is 4.12. The summed E-state index contributed by atoms with van der Waals surface area (Å²) in [5.41, 5.74) is 0.599. The van der Waals surface area contributed by atoms with E-state index >= 15 is 0 Å². The van der Waals surface area contributed by atoms with Crippen molar-refractivity contribution in [3.63, 3.8) is 0 Å². The van der Waals surface area contributed by atoms with Gasteiger partial charge >= 0.3 is 12.0 Å². The number of benzene rings is 2. The Morgan fingerprint density at radius 1 is 1.00 bits per heavy atom. The zero-order valence-electron chi connectivity index (χ0n) is 17.5. The Hall–Kier alpha value is -3.40. The third-order valence-corrected chi connectivity index (χ3v) is 5.93. The van der Waals surface area contributed by atoms with Gasteiger partial charge in [-0.25, -0.2) is 18.0 Å². The van der Waals surface area contributed by atoms with Crippen molar-refractivity contribution in [2.24, 2.45) is 0 Å². The predicted molar refractivity (Wildman–Crippen MR) is 115 cm³/mol. The molecule has 0 aliphatic rings. The maximum atomic E-state index is 13.0. The van der Waals surface area contributed by atoms with Gasteiger partial charge in [0.1, 0.15) is 0 Å². The second-order valence-corrected chi connectivity index (χ2v) is 8.64. The van der Waals surface area contributed by atoms with Crippen LogP contribution in [0.3, 0.4) is 0 Å². The Bertz CT molecular complexity index is 1020. The number of urea groups is 1. The standard InChI is InChI=1S/C21H25N3O6S/c1-4-24(17-8-6-5-7-9-17)31(28,29)18-12-10-16(11-13-18)20(26)30-14-19(25)23-21(27)22-15(2)3/h5-13,15H,4,14H2,1-3H3,(H2,22,23,25,27). The third kappa shape index (κ3) is 6.54. The molecule has 0 bridgehead atoms. The van der Waals surface area contributed by atoms with Crippen LogP contribution in [0, 0.1) is 0 Å². The van der Waals surface area contributed by atoms with Crippen LogP contribution in [0.1, 0.15) is 31.1 Å². The summed E-state index contributed by atoms with van der Waals surface area (Å²) in [7, 11) is -3.82. The number of ether oxygens (including phenoxy) is 1. The molecule has 0 fully saturated rings. The quantitative estimate of drug-likeness (QED) is 0.599. The van der Waals surface area contributed by atoms with E-state index in [1.165, 1.54) is 28.6 Å². The average Bonchev–Trinajstić information content (AvgIpc) is 2.72. The first-order valence-corrected chi connectivity index (χ1v) is 11.0. The molecule has 2 aromatic carbocycles. The van der Waals surface area contributed by atoms with E-state index in [9.17, 15) is 22.8 Å². The number of hydrogen-bond donors (Lipinski definition) is 2. The molecule has 2 N–H and O–H groups in total. The van der Waals surface area contributed by atoms with Crippen LogP contribution in [-0.4, -0.2) is 45.5 Å². The van der Waals surface area contributed by atoms with E-state index in [1.807, 2.05) is 5.32 Å². The van der Waals surface area contributed by atoms with Crippen molar-refractivity contribution in [2.75, 3.05) is 17.5 Å². The van der Waals surface area contributed by atoms with Crippen molar-refractivity contribution < 1.29 is 27.5 Å². The molecule has 3 amide bonds. The smallest absolute Gasteiger partial charge is 0.338 e. The minimum absolute atomic E-state index is 0.0119. The molecular formula is C21H25N3O6S. The van der Waals surface area contributed by atoms with Gasteiger partial charge in [0, 0.05) is 12.6 Å². The van der Waals surface area contributed by atoms with Crippen LogP contribution in [0.2, 0.25) is 0 Å². The Kier molecular flexibility index (Phi) is 8.14. The largest absolute Gasteiger partial charge is 0.452 e. The molecule has 10 heteroatoms. The molecule has 166 valence electrons. The molecule has 2 aromatic rings. The van der Waals surface area contributed by atoms with Gasteiger partial charge in [-0.05, 0) is 57.2 Å². The first kappa shape index (κ1) is 23.9.